The fraction of sp³-hybridized carbons (Fsp3) is 0.171. The molecule has 3 aromatic carbocycles. The van der Waals surface area contributed by atoms with E-state index in [9.17, 15) is 9.59 Å². The lowest BCUT2D eigenvalue weighted by molar-refractivity contribution is 0.0774. The number of nitrogens with zero attached hydrogens (tertiary/aromatic N) is 4. The molecule has 3 heterocycles. The highest BCUT2D eigenvalue weighted by molar-refractivity contribution is 6.07. The smallest absolute Gasteiger partial charge is 0.270 e. The van der Waals surface area contributed by atoms with E-state index in [0.29, 0.717) is 36.6 Å². The maximum atomic E-state index is 14.2. The number of ether oxygens (including phenoxy) is 2. The second kappa shape index (κ2) is 11.9. The zero-order valence-electron chi connectivity index (χ0n) is 24.4. The number of benzene rings is 3. The molecule has 8 nitrogen and oxygen atoms in total. The van der Waals surface area contributed by atoms with Gasteiger partial charge in [0.15, 0.2) is 0 Å². The highest BCUT2D eigenvalue weighted by Crippen LogP contribution is 2.38. The molecule has 1 aliphatic rings. The number of para-hydroxylation sites is 2. The Hall–Kier alpha value is -5.37. The summed E-state index contributed by atoms with van der Waals surface area (Å²) in [5.41, 5.74) is 6.38. The van der Waals surface area contributed by atoms with Crippen molar-refractivity contribution in [3.05, 3.63) is 131 Å². The third kappa shape index (κ3) is 5.35. The number of amides is 2. The number of methoxy groups -OCH3 is 2. The largest absolute Gasteiger partial charge is 0.496 e. The van der Waals surface area contributed by atoms with Gasteiger partial charge in [0, 0.05) is 54.1 Å². The van der Waals surface area contributed by atoms with Crippen LogP contribution in [-0.2, 0) is 19.6 Å². The van der Waals surface area contributed by atoms with Gasteiger partial charge in [-0.15, -0.1) is 0 Å². The minimum atomic E-state index is -0.159. The van der Waals surface area contributed by atoms with E-state index in [0.717, 1.165) is 39.4 Å². The summed E-state index contributed by atoms with van der Waals surface area (Å²) in [5.74, 6) is 1.04. The van der Waals surface area contributed by atoms with Crippen LogP contribution in [0, 0.1) is 0 Å². The summed E-state index contributed by atoms with van der Waals surface area (Å²) in [5, 5.41) is 0. The first-order chi connectivity index (χ1) is 21.0. The molecule has 0 N–H and O–H groups in total. The van der Waals surface area contributed by atoms with Gasteiger partial charge in [-0.3, -0.25) is 14.6 Å². The van der Waals surface area contributed by atoms with Gasteiger partial charge >= 0.3 is 0 Å². The maximum Gasteiger partial charge on any atom is 0.270 e. The summed E-state index contributed by atoms with van der Waals surface area (Å²) in [4.78, 5) is 35.4. The van der Waals surface area contributed by atoms with E-state index in [4.69, 9.17) is 9.47 Å². The summed E-state index contributed by atoms with van der Waals surface area (Å²) >= 11 is 0. The van der Waals surface area contributed by atoms with Gasteiger partial charge in [0.2, 0.25) is 0 Å². The van der Waals surface area contributed by atoms with Crippen molar-refractivity contribution >= 4 is 17.5 Å². The Morgan fingerprint density at radius 2 is 1.60 bits per heavy atom. The zero-order valence-corrected chi connectivity index (χ0v) is 24.4. The molecule has 5 aromatic rings. The minimum absolute atomic E-state index is 0.0935. The van der Waals surface area contributed by atoms with Gasteiger partial charge in [-0.2, -0.15) is 0 Å². The van der Waals surface area contributed by atoms with E-state index in [1.165, 1.54) is 0 Å². The SMILES string of the molecule is COc1ccccc1-c1ccc(C(=O)N2Cc3ccc(C(=O)N(C)Cc4cccnc4)n3Cc3ccccc32)cc1OC. The van der Waals surface area contributed by atoms with Crippen molar-refractivity contribution in [2.45, 2.75) is 19.6 Å². The van der Waals surface area contributed by atoms with Gasteiger partial charge in [0.25, 0.3) is 11.8 Å². The van der Waals surface area contributed by atoms with Crippen LogP contribution in [0.1, 0.15) is 37.7 Å². The molecule has 0 bridgehead atoms. The highest BCUT2D eigenvalue weighted by atomic mass is 16.5. The standard InChI is InChI=1S/C35H32N4O4/c1-37(21-24-9-8-18-36-20-24)35(41)31-17-15-27-23-39(30-12-6-4-10-26(30)22-38(27)31)34(40)25-14-16-29(33(19-25)43-3)28-11-5-7-13-32(28)42-2/h4-20H,21-23H2,1-3H3. The number of carbonyl (C=O) groups excluding carboxylic acids is 2. The van der Waals surface area contributed by atoms with Crippen LogP contribution in [0.3, 0.4) is 0 Å². The van der Waals surface area contributed by atoms with Crippen LogP contribution in [-0.4, -0.2) is 47.5 Å². The van der Waals surface area contributed by atoms with Crippen molar-refractivity contribution in [1.29, 1.82) is 0 Å². The Labute approximate surface area is 250 Å². The maximum absolute atomic E-state index is 14.2. The van der Waals surface area contributed by atoms with E-state index in [-0.39, 0.29) is 11.8 Å². The second-order valence-corrected chi connectivity index (χ2v) is 10.5. The normalized spacial score (nSPS) is 12.1. The fourth-order valence-electron chi connectivity index (χ4n) is 5.63. The van der Waals surface area contributed by atoms with Crippen LogP contribution in [0.4, 0.5) is 5.69 Å². The van der Waals surface area contributed by atoms with Crippen LogP contribution >= 0.6 is 0 Å². The number of aromatic nitrogens is 2. The average molecular weight is 573 g/mol. The summed E-state index contributed by atoms with van der Waals surface area (Å²) in [6, 6.07) is 28.6. The number of pyridine rings is 1. The monoisotopic (exact) mass is 572 g/mol. The molecule has 0 radical (unpaired) electrons. The summed E-state index contributed by atoms with van der Waals surface area (Å²) < 4.78 is 13.3. The molecule has 1 aliphatic heterocycles. The lowest BCUT2D eigenvalue weighted by Crippen LogP contribution is -2.31. The van der Waals surface area contributed by atoms with E-state index in [2.05, 4.69) is 4.98 Å². The summed E-state index contributed by atoms with van der Waals surface area (Å²) in [7, 11) is 5.02. The first-order valence-electron chi connectivity index (χ1n) is 14.0. The van der Waals surface area contributed by atoms with E-state index >= 15 is 0 Å². The molecule has 8 heteroatoms. The Kier molecular flexibility index (Phi) is 7.66. The summed E-state index contributed by atoms with van der Waals surface area (Å²) in [6.07, 6.45) is 3.48. The molecule has 0 aliphatic carbocycles. The lowest BCUT2D eigenvalue weighted by atomic mass is 10.0. The van der Waals surface area contributed by atoms with Crippen molar-refractivity contribution in [1.82, 2.24) is 14.5 Å². The van der Waals surface area contributed by atoms with Crippen LogP contribution in [0.5, 0.6) is 11.5 Å². The Balaban J connectivity index is 1.33. The van der Waals surface area contributed by atoms with Gasteiger partial charge in [-0.05, 0) is 59.7 Å². The van der Waals surface area contributed by atoms with Crippen LogP contribution in [0.15, 0.2) is 103 Å². The van der Waals surface area contributed by atoms with Crippen LogP contribution in [0.25, 0.3) is 11.1 Å². The quantitative estimate of drug-likeness (QED) is 0.237. The molecule has 43 heavy (non-hydrogen) atoms. The third-order valence-corrected chi connectivity index (χ3v) is 7.80. The summed E-state index contributed by atoms with van der Waals surface area (Å²) in [6.45, 7) is 1.23. The highest BCUT2D eigenvalue weighted by Gasteiger charge is 2.29. The van der Waals surface area contributed by atoms with Crippen LogP contribution in [0.2, 0.25) is 0 Å². The molecule has 0 unspecified atom stereocenters. The molecular weight excluding hydrogens is 540 g/mol. The molecule has 2 amide bonds. The number of anilines is 1. The fourth-order valence-corrected chi connectivity index (χ4v) is 5.63. The minimum Gasteiger partial charge on any atom is -0.496 e. The molecule has 216 valence electrons. The van der Waals surface area contributed by atoms with Gasteiger partial charge in [0.1, 0.15) is 17.2 Å². The first-order valence-corrected chi connectivity index (χ1v) is 14.0. The molecular formula is C35H32N4O4. The molecule has 0 saturated heterocycles. The van der Waals surface area contributed by atoms with Gasteiger partial charge < -0.3 is 23.8 Å². The average Bonchev–Trinajstić information content (AvgIpc) is 3.36. The molecule has 0 saturated carbocycles. The Morgan fingerprint density at radius 3 is 2.40 bits per heavy atom. The molecule has 0 fully saturated rings. The first kappa shape index (κ1) is 27.8. The zero-order chi connectivity index (χ0) is 29.9. The molecule has 2 aromatic heterocycles. The van der Waals surface area contributed by atoms with E-state index in [1.807, 2.05) is 89.5 Å². The van der Waals surface area contributed by atoms with E-state index in [1.54, 1.807) is 49.5 Å². The Morgan fingerprint density at radius 1 is 0.837 bits per heavy atom. The third-order valence-electron chi connectivity index (χ3n) is 7.80. The number of hydrogen-bond donors (Lipinski definition) is 0. The van der Waals surface area contributed by atoms with E-state index < -0.39 is 0 Å². The van der Waals surface area contributed by atoms with Crippen molar-refractivity contribution in [2.24, 2.45) is 0 Å². The lowest BCUT2D eigenvalue weighted by Gasteiger charge is -2.23. The topological polar surface area (TPSA) is 76.9 Å². The second-order valence-electron chi connectivity index (χ2n) is 10.5. The van der Waals surface area contributed by atoms with Gasteiger partial charge in [-0.1, -0.05) is 42.5 Å². The number of rotatable bonds is 7. The number of fused-ring (bicyclic) bond motifs is 2. The molecule has 6 rings (SSSR count). The predicted molar refractivity (Wildman–Crippen MR) is 166 cm³/mol. The number of hydrogen-bond acceptors (Lipinski definition) is 5. The van der Waals surface area contributed by atoms with Crippen molar-refractivity contribution < 1.29 is 19.1 Å². The van der Waals surface area contributed by atoms with Crippen molar-refractivity contribution in [2.75, 3.05) is 26.2 Å². The molecule has 0 spiro atoms. The van der Waals surface area contributed by atoms with Crippen LogP contribution < -0.4 is 14.4 Å². The predicted octanol–water partition coefficient (Wildman–Crippen LogP) is 6.05. The van der Waals surface area contributed by atoms with Crippen molar-refractivity contribution in [3.63, 3.8) is 0 Å². The number of carbonyl (C=O) groups is 2. The van der Waals surface area contributed by atoms with Crippen molar-refractivity contribution in [3.8, 4) is 22.6 Å². The van der Waals surface area contributed by atoms with Gasteiger partial charge in [-0.25, -0.2) is 0 Å². The molecule has 0 atom stereocenters. The Bertz CT molecular complexity index is 1800. The van der Waals surface area contributed by atoms with Gasteiger partial charge in [0.05, 0.1) is 27.3 Å².